The third kappa shape index (κ3) is 3.21. The van der Waals surface area contributed by atoms with Crippen LogP contribution in [0, 0.1) is 5.82 Å². The number of hydrogen-bond acceptors (Lipinski definition) is 8. The molecule has 0 unspecified atom stereocenters. The standard InChI is InChI=1S/C20H17FN6O5/c1-25-12-8-22-27(19(29)18(12)26(2)20(25)30)9-17-23-16(24-32-17)7-13(28)15-6-10-5-11(21)3-4-14(10)31-15/h3-6,8,13,28H,7,9H2,1-2H3/t13-/m0/s1. The lowest BCUT2D eigenvalue weighted by Gasteiger charge is -2.03. The van der Waals surface area contributed by atoms with Crippen molar-refractivity contribution in [1.29, 1.82) is 0 Å². The zero-order valence-corrected chi connectivity index (χ0v) is 17.0. The van der Waals surface area contributed by atoms with E-state index < -0.39 is 17.5 Å². The van der Waals surface area contributed by atoms with Gasteiger partial charge in [-0.15, -0.1) is 0 Å². The summed E-state index contributed by atoms with van der Waals surface area (Å²) in [5.41, 5.74) is 0.268. The van der Waals surface area contributed by atoms with Crippen LogP contribution in [0.1, 0.15) is 23.6 Å². The fourth-order valence-electron chi connectivity index (χ4n) is 3.60. The largest absolute Gasteiger partial charge is 0.458 e. The maximum Gasteiger partial charge on any atom is 0.328 e. The molecule has 0 amide bonds. The van der Waals surface area contributed by atoms with Gasteiger partial charge >= 0.3 is 5.69 Å². The van der Waals surface area contributed by atoms with E-state index in [9.17, 15) is 19.1 Å². The van der Waals surface area contributed by atoms with Crippen molar-refractivity contribution in [2.45, 2.75) is 19.1 Å². The molecule has 0 aliphatic heterocycles. The molecule has 12 heteroatoms. The van der Waals surface area contributed by atoms with E-state index in [0.29, 0.717) is 16.5 Å². The Hall–Kier alpha value is -4.06. The molecule has 4 heterocycles. The van der Waals surface area contributed by atoms with E-state index >= 15 is 0 Å². The molecule has 0 spiro atoms. The maximum absolute atomic E-state index is 13.3. The Morgan fingerprint density at radius 1 is 1.19 bits per heavy atom. The van der Waals surface area contributed by atoms with Gasteiger partial charge in [0.2, 0.25) is 5.89 Å². The molecule has 0 aliphatic rings. The Balaban J connectivity index is 1.37. The number of aliphatic hydroxyl groups excluding tert-OH is 1. The first kappa shape index (κ1) is 19.9. The minimum Gasteiger partial charge on any atom is -0.458 e. The van der Waals surface area contributed by atoms with Gasteiger partial charge in [0.05, 0.1) is 11.7 Å². The van der Waals surface area contributed by atoms with Crippen LogP contribution in [-0.2, 0) is 27.1 Å². The molecule has 1 atom stereocenters. The Morgan fingerprint density at radius 3 is 2.81 bits per heavy atom. The predicted molar refractivity (Wildman–Crippen MR) is 108 cm³/mol. The molecule has 1 aromatic carbocycles. The fraction of sp³-hybridized carbons (Fsp3) is 0.250. The van der Waals surface area contributed by atoms with E-state index in [-0.39, 0.29) is 41.6 Å². The summed E-state index contributed by atoms with van der Waals surface area (Å²) in [6.45, 7) is -0.106. The van der Waals surface area contributed by atoms with E-state index in [0.717, 1.165) is 4.68 Å². The number of furan rings is 1. The molecule has 11 nitrogen and oxygen atoms in total. The zero-order chi connectivity index (χ0) is 22.6. The van der Waals surface area contributed by atoms with Gasteiger partial charge in [0.25, 0.3) is 5.56 Å². The lowest BCUT2D eigenvalue weighted by Crippen LogP contribution is -2.26. The average Bonchev–Trinajstić information content (AvgIpc) is 3.44. The van der Waals surface area contributed by atoms with Gasteiger partial charge in [-0.1, -0.05) is 5.16 Å². The molecule has 0 radical (unpaired) electrons. The number of aryl methyl sites for hydroxylation is 2. The number of imidazole rings is 1. The molecule has 32 heavy (non-hydrogen) atoms. The van der Waals surface area contributed by atoms with E-state index in [1.807, 2.05) is 0 Å². The third-order valence-corrected chi connectivity index (χ3v) is 5.27. The fourth-order valence-corrected chi connectivity index (χ4v) is 3.60. The van der Waals surface area contributed by atoms with Crippen molar-refractivity contribution >= 4 is 22.0 Å². The topological polar surface area (TPSA) is 134 Å². The van der Waals surface area contributed by atoms with Crippen LogP contribution in [0.3, 0.4) is 0 Å². The second-order valence-electron chi connectivity index (χ2n) is 7.40. The highest BCUT2D eigenvalue weighted by Crippen LogP contribution is 2.26. The first-order chi connectivity index (χ1) is 15.3. The lowest BCUT2D eigenvalue weighted by atomic mass is 10.2. The van der Waals surface area contributed by atoms with Gasteiger partial charge in [-0.25, -0.2) is 13.9 Å². The molecular weight excluding hydrogens is 423 g/mol. The van der Waals surface area contributed by atoms with Crippen LogP contribution in [0.15, 0.2) is 49.0 Å². The summed E-state index contributed by atoms with van der Waals surface area (Å²) in [6, 6.07) is 5.62. The molecule has 1 N–H and O–H groups in total. The number of halogens is 1. The average molecular weight is 440 g/mol. The van der Waals surface area contributed by atoms with Gasteiger partial charge in [0.15, 0.2) is 5.82 Å². The van der Waals surface area contributed by atoms with Crippen molar-refractivity contribution in [1.82, 2.24) is 29.1 Å². The first-order valence-corrected chi connectivity index (χ1v) is 9.62. The number of aliphatic hydroxyl groups is 1. The van der Waals surface area contributed by atoms with E-state index in [2.05, 4.69) is 15.2 Å². The zero-order valence-electron chi connectivity index (χ0n) is 17.0. The molecule has 0 saturated heterocycles. The maximum atomic E-state index is 13.3. The molecule has 4 aromatic heterocycles. The number of hydrogen-bond donors (Lipinski definition) is 1. The molecule has 0 bridgehead atoms. The van der Waals surface area contributed by atoms with Crippen molar-refractivity contribution in [2.24, 2.45) is 14.1 Å². The van der Waals surface area contributed by atoms with Crippen molar-refractivity contribution in [3.05, 3.63) is 74.6 Å². The normalized spacial score (nSPS) is 12.8. The van der Waals surface area contributed by atoms with Crippen LogP contribution in [0.5, 0.6) is 0 Å². The molecule has 0 fully saturated rings. The number of benzene rings is 1. The summed E-state index contributed by atoms with van der Waals surface area (Å²) in [4.78, 5) is 29.0. The van der Waals surface area contributed by atoms with Crippen LogP contribution in [0.25, 0.3) is 22.0 Å². The van der Waals surface area contributed by atoms with Crippen LogP contribution >= 0.6 is 0 Å². The van der Waals surface area contributed by atoms with E-state index in [1.54, 1.807) is 13.1 Å². The number of rotatable bonds is 5. The SMILES string of the molecule is Cn1c(=O)n(C)c2c(=O)n(Cc3nc(C[C@H](O)c4cc5cc(F)ccc5o4)no3)ncc21. The monoisotopic (exact) mass is 440 g/mol. The minimum atomic E-state index is -1.08. The summed E-state index contributed by atoms with van der Waals surface area (Å²) in [6.07, 6.45) is 0.330. The molecular formula is C20H17FN6O5. The minimum absolute atomic E-state index is 0.0135. The quantitative estimate of drug-likeness (QED) is 0.428. The highest BCUT2D eigenvalue weighted by molar-refractivity contribution is 5.78. The van der Waals surface area contributed by atoms with Gasteiger partial charge in [0, 0.05) is 25.9 Å². The Kier molecular flexibility index (Phi) is 4.51. The summed E-state index contributed by atoms with van der Waals surface area (Å²) in [7, 11) is 3.07. The van der Waals surface area contributed by atoms with Crippen LogP contribution in [-0.4, -0.2) is 34.2 Å². The van der Waals surface area contributed by atoms with Crippen molar-refractivity contribution in [3.8, 4) is 0 Å². The molecule has 0 saturated carbocycles. The summed E-state index contributed by atoms with van der Waals surface area (Å²) in [5.74, 6) is 0.138. The van der Waals surface area contributed by atoms with Crippen LogP contribution in [0.2, 0.25) is 0 Å². The second-order valence-corrected chi connectivity index (χ2v) is 7.40. The third-order valence-electron chi connectivity index (χ3n) is 5.27. The summed E-state index contributed by atoms with van der Waals surface area (Å²) in [5, 5.41) is 18.9. The van der Waals surface area contributed by atoms with Crippen molar-refractivity contribution in [2.75, 3.05) is 0 Å². The van der Waals surface area contributed by atoms with Gasteiger partial charge in [0.1, 0.15) is 35.3 Å². The molecule has 5 rings (SSSR count). The van der Waals surface area contributed by atoms with Gasteiger partial charge in [-0.05, 0) is 24.3 Å². The van der Waals surface area contributed by atoms with E-state index in [4.69, 9.17) is 8.94 Å². The smallest absolute Gasteiger partial charge is 0.328 e. The van der Waals surface area contributed by atoms with Crippen LogP contribution < -0.4 is 11.2 Å². The highest BCUT2D eigenvalue weighted by Gasteiger charge is 2.19. The predicted octanol–water partition coefficient (Wildman–Crippen LogP) is 1.03. The van der Waals surface area contributed by atoms with Crippen molar-refractivity contribution in [3.63, 3.8) is 0 Å². The number of aromatic nitrogens is 6. The molecule has 0 aliphatic carbocycles. The van der Waals surface area contributed by atoms with Gasteiger partial charge in [-0.2, -0.15) is 10.1 Å². The van der Waals surface area contributed by atoms with Gasteiger partial charge < -0.3 is 14.0 Å². The lowest BCUT2D eigenvalue weighted by molar-refractivity contribution is 0.149. The molecule has 164 valence electrons. The molecule has 5 aromatic rings. The number of fused-ring (bicyclic) bond motifs is 2. The summed E-state index contributed by atoms with van der Waals surface area (Å²) >= 11 is 0. The highest BCUT2D eigenvalue weighted by atomic mass is 19.1. The van der Waals surface area contributed by atoms with Crippen molar-refractivity contribution < 1.29 is 18.4 Å². The van der Waals surface area contributed by atoms with Crippen LogP contribution in [0.4, 0.5) is 4.39 Å². The van der Waals surface area contributed by atoms with Gasteiger partial charge in [-0.3, -0.25) is 13.9 Å². The Morgan fingerprint density at radius 2 is 2.00 bits per heavy atom. The Bertz CT molecular complexity index is 1590. The Labute approximate surface area is 177 Å². The summed E-state index contributed by atoms with van der Waals surface area (Å²) < 4.78 is 27.8. The second kappa shape index (κ2) is 7.27. The van der Waals surface area contributed by atoms with E-state index in [1.165, 1.54) is 40.6 Å². The number of nitrogens with zero attached hydrogens (tertiary/aromatic N) is 6. The first-order valence-electron chi connectivity index (χ1n) is 9.62.